The lowest BCUT2D eigenvalue weighted by atomic mass is 10.1. The number of carbonyl (C=O) groups is 1. The molecule has 3 aromatic heterocycles. The molecular weight excluding hydrogens is 386 g/mol. The molecule has 4 aromatic rings. The number of hydrogen-bond acceptors (Lipinski definition) is 7. The third kappa shape index (κ3) is 4.74. The summed E-state index contributed by atoms with van der Waals surface area (Å²) >= 11 is 1.55. The van der Waals surface area contributed by atoms with Crippen LogP contribution >= 0.6 is 11.3 Å². The fraction of sp³-hybridized carbons (Fsp3) is 0.143. The van der Waals surface area contributed by atoms with Gasteiger partial charge in [-0.3, -0.25) is 9.78 Å². The van der Waals surface area contributed by atoms with Crippen molar-refractivity contribution < 1.29 is 9.90 Å². The summed E-state index contributed by atoms with van der Waals surface area (Å²) in [5.74, 6) is 0.491. The van der Waals surface area contributed by atoms with Crippen LogP contribution in [0.1, 0.15) is 5.56 Å². The van der Waals surface area contributed by atoms with Gasteiger partial charge in [0.2, 0.25) is 5.91 Å². The summed E-state index contributed by atoms with van der Waals surface area (Å²) in [6.07, 6.45) is 5.45. The number of thiazole rings is 1. The van der Waals surface area contributed by atoms with Gasteiger partial charge in [-0.25, -0.2) is 9.97 Å². The number of aromatic nitrogens is 3. The average Bonchev–Trinajstić information content (AvgIpc) is 3.14. The number of benzene rings is 1. The van der Waals surface area contributed by atoms with Crippen molar-refractivity contribution in [3.8, 4) is 11.1 Å². The topological polar surface area (TPSA) is 100 Å². The van der Waals surface area contributed by atoms with Crippen LogP contribution in [0, 0.1) is 0 Å². The monoisotopic (exact) mass is 405 g/mol. The standard InChI is InChI=1S/C21H19N5O2S/c27-10-9-24-20(28)12-14-3-8-23-19(11-14)26-21-25-17-2-1-16(13-18(17)29-21)15-4-6-22-7-5-15/h1-8,11,13,27H,9-10,12H2,(H,24,28)(H,23,25,26). The molecule has 29 heavy (non-hydrogen) atoms. The summed E-state index contributed by atoms with van der Waals surface area (Å²) < 4.78 is 1.07. The normalized spacial score (nSPS) is 10.8. The molecule has 0 spiro atoms. The van der Waals surface area contributed by atoms with Crippen LogP contribution in [-0.2, 0) is 11.2 Å². The maximum Gasteiger partial charge on any atom is 0.224 e. The van der Waals surface area contributed by atoms with Crippen LogP contribution in [0.3, 0.4) is 0 Å². The van der Waals surface area contributed by atoms with E-state index in [9.17, 15) is 4.79 Å². The van der Waals surface area contributed by atoms with Crippen LogP contribution in [0.2, 0.25) is 0 Å². The van der Waals surface area contributed by atoms with E-state index in [1.165, 1.54) is 0 Å². The third-order valence-electron chi connectivity index (χ3n) is 4.26. The minimum atomic E-state index is -0.139. The molecule has 4 rings (SSSR count). The molecule has 0 saturated heterocycles. The number of rotatable bonds is 7. The molecule has 0 atom stereocenters. The van der Waals surface area contributed by atoms with Crippen molar-refractivity contribution in [2.45, 2.75) is 6.42 Å². The van der Waals surface area contributed by atoms with Crippen molar-refractivity contribution in [2.24, 2.45) is 0 Å². The molecule has 7 nitrogen and oxygen atoms in total. The molecule has 1 amide bonds. The van der Waals surface area contributed by atoms with Crippen molar-refractivity contribution in [1.82, 2.24) is 20.3 Å². The Bertz CT molecular complexity index is 1130. The number of anilines is 2. The number of amides is 1. The van der Waals surface area contributed by atoms with Gasteiger partial charge in [-0.05, 0) is 53.1 Å². The van der Waals surface area contributed by atoms with E-state index < -0.39 is 0 Å². The van der Waals surface area contributed by atoms with Crippen LogP contribution in [-0.4, -0.2) is 39.1 Å². The molecule has 0 aliphatic heterocycles. The molecule has 0 radical (unpaired) electrons. The predicted molar refractivity (Wildman–Crippen MR) is 114 cm³/mol. The van der Waals surface area contributed by atoms with Gasteiger partial charge in [0.15, 0.2) is 5.13 Å². The molecule has 0 saturated carbocycles. The fourth-order valence-electron chi connectivity index (χ4n) is 2.91. The first-order valence-electron chi connectivity index (χ1n) is 9.12. The highest BCUT2D eigenvalue weighted by atomic mass is 32.1. The second-order valence-electron chi connectivity index (χ2n) is 6.36. The number of aliphatic hydroxyl groups is 1. The highest BCUT2D eigenvalue weighted by Crippen LogP contribution is 2.31. The minimum Gasteiger partial charge on any atom is -0.395 e. The SMILES string of the molecule is O=C(Cc1ccnc(Nc2nc3ccc(-c4ccncc4)cc3s2)c1)NCCO. The van der Waals surface area contributed by atoms with Gasteiger partial charge >= 0.3 is 0 Å². The van der Waals surface area contributed by atoms with Gasteiger partial charge in [0.25, 0.3) is 0 Å². The molecule has 0 bridgehead atoms. The number of fused-ring (bicyclic) bond motifs is 1. The zero-order chi connectivity index (χ0) is 20.1. The van der Waals surface area contributed by atoms with Gasteiger partial charge < -0.3 is 15.7 Å². The Kier molecular flexibility index (Phi) is 5.73. The largest absolute Gasteiger partial charge is 0.395 e. The summed E-state index contributed by atoms with van der Waals surface area (Å²) in [5, 5.41) is 15.4. The van der Waals surface area contributed by atoms with E-state index in [4.69, 9.17) is 5.11 Å². The van der Waals surface area contributed by atoms with Gasteiger partial charge in [0.05, 0.1) is 23.2 Å². The Hall–Kier alpha value is -3.36. The van der Waals surface area contributed by atoms with Crippen molar-refractivity contribution in [2.75, 3.05) is 18.5 Å². The number of carbonyl (C=O) groups excluding carboxylic acids is 1. The molecule has 3 N–H and O–H groups in total. The molecule has 0 aliphatic rings. The molecular formula is C21H19N5O2S. The molecule has 146 valence electrons. The van der Waals surface area contributed by atoms with Gasteiger partial charge in [-0.15, -0.1) is 0 Å². The molecule has 0 unspecified atom stereocenters. The van der Waals surface area contributed by atoms with Crippen molar-refractivity contribution in [3.05, 3.63) is 66.6 Å². The van der Waals surface area contributed by atoms with Crippen molar-refractivity contribution in [1.29, 1.82) is 0 Å². The Labute approximate surface area is 171 Å². The lowest BCUT2D eigenvalue weighted by Gasteiger charge is -2.06. The van der Waals surface area contributed by atoms with E-state index in [1.54, 1.807) is 36.0 Å². The van der Waals surface area contributed by atoms with E-state index in [0.717, 1.165) is 32.0 Å². The first-order chi connectivity index (χ1) is 14.2. The maximum atomic E-state index is 11.8. The van der Waals surface area contributed by atoms with Gasteiger partial charge in [0.1, 0.15) is 5.82 Å². The average molecular weight is 405 g/mol. The Morgan fingerprint density at radius 2 is 1.90 bits per heavy atom. The molecule has 1 aromatic carbocycles. The lowest BCUT2D eigenvalue weighted by Crippen LogP contribution is -2.27. The number of hydrogen-bond donors (Lipinski definition) is 3. The minimum absolute atomic E-state index is 0.0740. The third-order valence-corrected chi connectivity index (χ3v) is 5.19. The fourth-order valence-corrected chi connectivity index (χ4v) is 3.82. The van der Waals surface area contributed by atoms with Crippen LogP contribution in [0.25, 0.3) is 21.3 Å². The lowest BCUT2D eigenvalue weighted by molar-refractivity contribution is -0.120. The number of nitrogens with one attached hydrogen (secondary N) is 2. The second kappa shape index (κ2) is 8.76. The predicted octanol–water partition coefficient (Wildman–Crippen LogP) is 3.15. The van der Waals surface area contributed by atoms with Crippen LogP contribution < -0.4 is 10.6 Å². The zero-order valence-corrected chi connectivity index (χ0v) is 16.3. The Morgan fingerprint density at radius 3 is 2.72 bits per heavy atom. The molecule has 3 heterocycles. The van der Waals surface area contributed by atoms with Gasteiger partial charge in [-0.1, -0.05) is 17.4 Å². The quantitative estimate of drug-likeness (QED) is 0.437. The van der Waals surface area contributed by atoms with Crippen LogP contribution in [0.5, 0.6) is 0 Å². The highest BCUT2D eigenvalue weighted by Gasteiger charge is 2.08. The molecule has 8 heteroatoms. The smallest absolute Gasteiger partial charge is 0.224 e. The second-order valence-corrected chi connectivity index (χ2v) is 7.39. The van der Waals surface area contributed by atoms with E-state index in [-0.39, 0.29) is 25.5 Å². The Morgan fingerprint density at radius 1 is 1.03 bits per heavy atom. The van der Waals surface area contributed by atoms with Crippen molar-refractivity contribution in [3.63, 3.8) is 0 Å². The summed E-state index contributed by atoms with van der Waals surface area (Å²) in [6.45, 7) is 0.178. The summed E-state index contributed by atoms with van der Waals surface area (Å²) in [4.78, 5) is 24.8. The summed E-state index contributed by atoms with van der Waals surface area (Å²) in [7, 11) is 0. The number of aliphatic hydroxyl groups excluding tert-OH is 1. The maximum absolute atomic E-state index is 11.8. The van der Waals surface area contributed by atoms with Crippen LogP contribution in [0.15, 0.2) is 61.1 Å². The first-order valence-corrected chi connectivity index (χ1v) is 9.93. The van der Waals surface area contributed by atoms with Gasteiger partial charge in [0, 0.05) is 25.1 Å². The first kappa shape index (κ1) is 19.0. The zero-order valence-electron chi connectivity index (χ0n) is 15.5. The van der Waals surface area contributed by atoms with E-state index >= 15 is 0 Å². The van der Waals surface area contributed by atoms with Crippen molar-refractivity contribution >= 4 is 38.4 Å². The summed E-state index contributed by atoms with van der Waals surface area (Å²) in [6, 6.07) is 13.7. The van der Waals surface area contributed by atoms with E-state index in [0.29, 0.717) is 5.82 Å². The molecule has 0 aliphatic carbocycles. The van der Waals surface area contributed by atoms with Crippen LogP contribution in [0.4, 0.5) is 10.9 Å². The van der Waals surface area contributed by atoms with E-state index in [2.05, 4.69) is 31.7 Å². The Balaban J connectivity index is 1.51. The molecule has 0 fully saturated rings. The number of pyridine rings is 2. The number of nitrogens with zero attached hydrogens (tertiary/aromatic N) is 3. The van der Waals surface area contributed by atoms with E-state index in [1.807, 2.05) is 30.3 Å². The summed E-state index contributed by atoms with van der Waals surface area (Å²) in [5.41, 5.74) is 3.97. The highest BCUT2D eigenvalue weighted by molar-refractivity contribution is 7.22. The van der Waals surface area contributed by atoms with Gasteiger partial charge in [-0.2, -0.15) is 0 Å².